The summed E-state index contributed by atoms with van der Waals surface area (Å²) in [6, 6.07) is 16.0. The second-order valence-electron chi connectivity index (χ2n) is 6.10. The van der Waals surface area contributed by atoms with Crippen LogP contribution in [0.3, 0.4) is 0 Å². The molecular weight excluding hydrogens is 372 g/mol. The largest absolute Gasteiger partial charge is 0.484 e. The Morgan fingerprint density at radius 1 is 0.862 bits per heavy atom. The molecule has 2 aromatic carbocycles. The third-order valence-corrected chi connectivity index (χ3v) is 4.13. The number of hydrogen-bond donors (Lipinski definition) is 3. The number of carbonyl (C=O) groups is 3. The second kappa shape index (κ2) is 11.3. The highest BCUT2D eigenvalue weighted by Gasteiger charge is 2.10. The topological polar surface area (TPSA) is 99.8 Å². The Balaban J connectivity index is 1.70. The molecular formula is C21H26N4O4. The molecule has 29 heavy (non-hydrogen) atoms. The van der Waals surface area contributed by atoms with Crippen molar-refractivity contribution in [2.45, 2.75) is 13.8 Å². The molecule has 3 N–H and O–H groups in total. The Morgan fingerprint density at radius 3 is 2.14 bits per heavy atom. The number of amides is 3. The van der Waals surface area contributed by atoms with Crippen molar-refractivity contribution in [2.75, 3.05) is 31.1 Å². The van der Waals surface area contributed by atoms with Gasteiger partial charge in [-0.3, -0.25) is 25.2 Å². The van der Waals surface area contributed by atoms with Crippen LogP contribution in [0, 0.1) is 0 Å². The van der Waals surface area contributed by atoms with Gasteiger partial charge in [-0.2, -0.15) is 0 Å². The van der Waals surface area contributed by atoms with Gasteiger partial charge in [0.25, 0.3) is 17.7 Å². The van der Waals surface area contributed by atoms with E-state index in [9.17, 15) is 14.4 Å². The number of carbonyl (C=O) groups excluding carboxylic acids is 3. The molecule has 0 atom stereocenters. The van der Waals surface area contributed by atoms with Crippen molar-refractivity contribution >= 4 is 23.4 Å². The van der Waals surface area contributed by atoms with Crippen LogP contribution in [0.25, 0.3) is 0 Å². The van der Waals surface area contributed by atoms with E-state index >= 15 is 0 Å². The van der Waals surface area contributed by atoms with Gasteiger partial charge in [0, 0.05) is 24.3 Å². The number of ether oxygens (including phenoxy) is 1. The number of nitrogens with zero attached hydrogens (tertiary/aromatic N) is 1. The number of nitrogens with one attached hydrogen (secondary N) is 3. The van der Waals surface area contributed by atoms with E-state index in [4.69, 9.17) is 4.74 Å². The van der Waals surface area contributed by atoms with Crippen LogP contribution in [0.4, 0.5) is 5.69 Å². The van der Waals surface area contributed by atoms with E-state index in [0.29, 0.717) is 11.3 Å². The summed E-state index contributed by atoms with van der Waals surface area (Å²) in [4.78, 5) is 37.8. The molecule has 0 spiro atoms. The quantitative estimate of drug-likeness (QED) is 0.556. The molecule has 8 heteroatoms. The first-order valence-electron chi connectivity index (χ1n) is 9.42. The lowest BCUT2D eigenvalue weighted by atomic mass is 10.2. The minimum atomic E-state index is -0.550. The van der Waals surface area contributed by atoms with Gasteiger partial charge in [-0.25, -0.2) is 0 Å². The first-order valence-corrected chi connectivity index (χ1v) is 9.42. The number of hydrazine groups is 1. The van der Waals surface area contributed by atoms with E-state index in [1.54, 1.807) is 36.4 Å². The highest BCUT2D eigenvalue weighted by molar-refractivity contribution is 5.96. The summed E-state index contributed by atoms with van der Waals surface area (Å²) in [5, 5.41) is 2.42. The second-order valence-corrected chi connectivity index (χ2v) is 6.10. The average Bonchev–Trinajstić information content (AvgIpc) is 2.76. The molecule has 8 nitrogen and oxygen atoms in total. The molecule has 0 saturated carbocycles. The first kappa shape index (κ1) is 21.7. The Morgan fingerprint density at radius 2 is 1.52 bits per heavy atom. The van der Waals surface area contributed by atoms with Crippen LogP contribution in [0.15, 0.2) is 54.6 Å². The van der Waals surface area contributed by atoms with Gasteiger partial charge in [-0.15, -0.1) is 0 Å². The number of rotatable bonds is 9. The van der Waals surface area contributed by atoms with Crippen molar-refractivity contribution in [3.8, 4) is 5.75 Å². The van der Waals surface area contributed by atoms with E-state index in [1.807, 2.05) is 18.2 Å². The molecule has 0 unspecified atom stereocenters. The lowest BCUT2D eigenvalue weighted by Crippen LogP contribution is -2.46. The van der Waals surface area contributed by atoms with Crippen molar-refractivity contribution in [3.63, 3.8) is 0 Å². The summed E-state index contributed by atoms with van der Waals surface area (Å²) < 4.78 is 5.28. The third kappa shape index (κ3) is 7.17. The molecule has 0 aliphatic rings. The Hall–Kier alpha value is -3.55. The maximum atomic E-state index is 12.1. The third-order valence-electron chi connectivity index (χ3n) is 4.13. The Kier molecular flexibility index (Phi) is 8.50. The summed E-state index contributed by atoms with van der Waals surface area (Å²) >= 11 is 0. The lowest BCUT2D eigenvalue weighted by molar-refractivity contribution is -0.127. The maximum Gasteiger partial charge on any atom is 0.269 e. The van der Waals surface area contributed by atoms with Crippen LogP contribution in [0.5, 0.6) is 5.75 Å². The molecule has 154 valence electrons. The van der Waals surface area contributed by atoms with Gasteiger partial charge in [0.2, 0.25) is 0 Å². The highest BCUT2D eigenvalue weighted by atomic mass is 16.5. The van der Waals surface area contributed by atoms with Gasteiger partial charge >= 0.3 is 0 Å². The zero-order valence-electron chi connectivity index (χ0n) is 16.6. The van der Waals surface area contributed by atoms with E-state index in [-0.39, 0.29) is 13.2 Å². The molecule has 3 amide bonds. The molecule has 0 aliphatic carbocycles. The minimum absolute atomic E-state index is 0.206. The standard InChI is InChI=1S/C21H26N4O4/c1-3-25(4-2)17-12-10-16(11-13-17)21(28)24-23-19(26)14-22-20(27)15-29-18-8-6-5-7-9-18/h5-13H,3-4,14-15H2,1-2H3,(H,22,27)(H,23,26)(H,24,28). The predicted octanol–water partition coefficient (Wildman–Crippen LogP) is 1.49. The normalized spacial score (nSPS) is 10.0. The van der Waals surface area contributed by atoms with Crippen LogP contribution in [-0.2, 0) is 9.59 Å². The minimum Gasteiger partial charge on any atom is -0.484 e. The molecule has 0 heterocycles. The number of anilines is 1. The fourth-order valence-corrected chi connectivity index (χ4v) is 2.55. The van der Waals surface area contributed by atoms with E-state index in [0.717, 1.165) is 18.8 Å². The molecule has 0 bridgehead atoms. The smallest absolute Gasteiger partial charge is 0.269 e. The summed E-state index contributed by atoms with van der Waals surface area (Å²) in [7, 11) is 0. The molecule has 0 fully saturated rings. The van der Waals surface area contributed by atoms with Gasteiger partial charge in [-0.05, 0) is 50.2 Å². The SMILES string of the molecule is CCN(CC)c1ccc(C(=O)NNC(=O)CNC(=O)COc2ccccc2)cc1. The summed E-state index contributed by atoms with van der Waals surface area (Å²) in [5.74, 6) is -0.872. The van der Waals surface area contributed by atoms with Crippen LogP contribution in [0.1, 0.15) is 24.2 Å². The monoisotopic (exact) mass is 398 g/mol. The fraction of sp³-hybridized carbons (Fsp3) is 0.286. The van der Waals surface area contributed by atoms with Crippen molar-refractivity contribution in [2.24, 2.45) is 0 Å². The van der Waals surface area contributed by atoms with Crippen molar-refractivity contribution in [1.82, 2.24) is 16.2 Å². The Labute approximate surface area is 170 Å². The molecule has 2 rings (SSSR count). The molecule has 0 aliphatic heterocycles. The van der Waals surface area contributed by atoms with Gasteiger partial charge in [0.1, 0.15) is 5.75 Å². The summed E-state index contributed by atoms with van der Waals surface area (Å²) in [6.07, 6.45) is 0. The zero-order chi connectivity index (χ0) is 21.1. The molecule has 0 aromatic heterocycles. The van der Waals surface area contributed by atoms with Gasteiger partial charge in [-0.1, -0.05) is 18.2 Å². The highest BCUT2D eigenvalue weighted by Crippen LogP contribution is 2.14. The van der Waals surface area contributed by atoms with E-state index in [2.05, 4.69) is 34.9 Å². The summed E-state index contributed by atoms with van der Waals surface area (Å²) in [5.41, 5.74) is 6.03. The Bertz CT molecular complexity index is 805. The summed E-state index contributed by atoms with van der Waals surface area (Å²) in [6.45, 7) is 5.39. The maximum absolute atomic E-state index is 12.1. The number of hydrogen-bond acceptors (Lipinski definition) is 5. The van der Waals surface area contributed by atoms with Crippen LogP contribution < -0.4 is 25.8 Å². The van der Waals surface area contributed by atoms with Gasteiger partial charge in [0.15, 0.2) is 6.61 Å². The van der Waals surface area contributed by atoms with Crippen molar-refractivity contribution in [3.05, 3.63) is 60.2 Å². The van der Waals surface area contributed by atoms with Crippen molar-refractivity contribution in [1.29, 1.82) is 0 Å². The van der Waals surface area contributed by atoms with Crippen LogP contribution in [0.2, 0.25) is 0 Å². The predicted molar refractivity (Wildman–Crippen MR) is 111 cm³/mol. The van der Waals surface area contributed by atoms with Gasteiger partial charge in [0.05, 0.1) is 6.54 Å². The fourth-order valence-electron chi connectivity index (χ4n) is 2.55. The lowest BCUT2D eigenvalue weighted by Gasteiger charge is -2.21. The van der Waals surface area contributed by atoms with Crippen molar-refractivity contribution < 1.29 is 19.1 Å². The number of para-hydroxylation sites is 1. The van der Waals surface area contributed by atoms with E-state index < -0.39 is 17.7 Å². The van der Waals surface area contributed by atoms with Gasteiger partial charge < -0.3 is 15.0 Å². The van der Waals surface area contributed by atoms with Crippen LogP contribution in [-0.4, -0.2) is 44.0 Å². The zero-order valence-corrected chi connectivity index (χ0v) is 16.6. The first-order chi connectivity index (χ1) is 14.0. The van der Waals surface area contributed by atoms with E-state index in [1.165, 1.54) is 0 Å². The number of benzene rings is 2. The molecule has 2 aromatic rings. The molecule has 0 saturated heterocycles. The van der Waals surface area contributed by atoms with Crippen LogP contribution >= 0.6 is 0 Å². The molecule has 0 radical (unpaired) electrons. The average molecular weight is 398 g/mol.